The average molecular weight is 276 g/mol. The summed E-state index contributed by atoms with van der Waals surface area (Å²) in [5.74, 6) is -0.929. The first-order valence-corrected chi connectivity index (χ1v) is 7.64. The van der Waals surface area contributed by atoms with Crippen molar-refractivity contribution >= 4 is 21.1 Å². The SMILES string of the molecule is C[C@@H](C(N)=O)N(CP(=O)(O)O)CP(=O)(O)O. The monoisotopic (exact) mass is 276 g/mol. The fraction of sp³-hybridized carbons (Fsp3) is 0.800. The average Bonchev–Trinajstić information content (AvgIpc) is 1.95. The van der Waals surface area contributed by atoms with Crippen molar-refractivity contribution in [3.63, 3.8) is 0 Å². The summed E-state index contributed by atoms with van der Waals surface area (Å²) in [5, 5.41) is 0. The van der Waals surface area contributed by atoms with E-state index in [1.54, 1.807) is 0 Å². The molecule has 1 atom stereocenters. The van der Waals surface area contributed by atoms with Crippen LogP contribution in [0.15, 0.2) is 0 Å². The van der Waals surface area contributed by atoms with E-state index in [-0.39, 0.29) is 0 Å². The van der Waals surface area contributed by atoms with Crippen molar-refractivity contribution in [3.8, 4) is 0 Å². The molecule has 0 aromatic carbocycles. The Bertz CT molecular complexity index is 323. The van der Waals surface area contributed by atoms with E-state index in [0.717, 1.165) is 0 Å². The van der Waals surface area contributed by atoms with Gasteiger partial charge in [-0.2, -0.15) is 0 Å². The van der Waals surface area contributed by atoms with Gasteiger partial charge in [0.15, 0.2) is 0 Å². The summed E-state index contributed by atoms with van der Waals surface area (Å²) < 4.78 is 21.4. The third-order valence-electron chi connectivity index (χ3n) is 1.69. The topological polar surface area (TPSA) is 161 Å². The van der Waals surface area contributed by atoms with Crippen molar-refractivity contribution in [2.24, 2.45) is 5.73 Å². The van der Waals surface area contributed by atoms with Gasteiger partial charge in [-0.05, 0) is 6.92 Å². The highest BCUT2D eigenvalue weighted by Crippen LogP contribution is 2.41. The van der Waals surface area contributed by atoms with Crippen LogP contribution in [0.5, 0.6) is 0 Å². The van der Waals surface area contributed by atoms with E-state index >= 15 is 0 Å². The van der Waals surface area contributed by atoms with Crippen LogP contribution in [0.2, 0.25) is 0 Å². The van der Waals surface area contributed by atoms with E-state index in [0.29, 0.717) is 4.90 Å². The highest BCUT2D eigenvalue weighted by atomic mass is 31.2. The second-order valence-corrected chi connectivity index (χ2v) is 6.50. The summed E-state index contributed by atoms with van der Waals surface area (Å²) in [6, 6.07) is -1.18. The number of nitrogens with two attached hydrogens (primary N) is 1. The van der Waals surface area contributed by atoms with Crippen molar-refractivity contribution in [1.82, 2.24) is 4.90 Å². The molecule has 96 valence electrons. The minimum atomic E-state index is -4.53. The van der Waals surface area contributed by atoms with Crippen LogP contribution in [0.1, 0.15) is 6.92 Å². The number of hydrogen-bond acceptors (Lipinski definition) is 4. The zero-order valence-electron chi connectivity index (χ0n) is 8.42. The Balaban J connectivity index is 4.85. The number of carbonyl (C=O) groups is 1. The molecule has 0 rings (SSSR count). The lowest BCUT2D eigenvalue weighted by atomic mass is 10.3. The lowest BCUT2D eigenvalue weighted by Gasteiger charge is -2.26. The molecule has 0 aromatic heterocycles. The van der Waals surface area contributed by atoms with Crippen molar-refractivity contribution in [1.29, 1.82) is 0 Å². The first kappa shape index (κ1) is 15.7. The van der Waals surface area contributed by atoms with E-state index < -0.39 is 39.7 Å². The predicted molar refractivity (Wildman–Crippen MR) is 54.3 cm³/mol. The fourth-order valence-electron chi connectivity index (χ4n) is 0.943. The van der Waals surface area contributed by atoms with E-state index in [1.165, 1.54) is 6.92 Å². The lowest BCUT2D eigenvalue weighted by molar-refractivity contribution is -0.122. The molecule has 0 spiro atoms. The van der Waals surface area contributed by atoms with Crippen molar-refractivity contribution in [2.75, 3.05) is 12.6 Å². The maximum absolute atomic E-state index is 10.8. The van der Waals surface area contributed by atoms with Crippen LogP contribution in [0.3, 0.4) is 0 Å². The Morgan fingerprint density at radius 2 is 1.50 bits per heavy atom. The fourth-order valence-corrected chi connectivity index (χ4v) is 2.74. The smallest absolute Gasteiger partial charge is 0.339 e. The highest BCUT2D eigenvalue weighted by Gasteiger charge is 2.31. The number of carbonyl (C=O) groups excluding carboxylic acids is 1. The summed E-state index contributed by atoms with van der Waals surface area (Å²) in [6.07, 6.45) is -1.88. The molecule has 11 heteroatoms. The van der Waals surface area contributed by atoms with E-state index in [9.17, 15) is 13.9 Å². The lowest BCUT2D eigenvalue weighted by Crippen LogP contribution is -2.43. The van der Waals surface area contributed by atoms with Gasteiger partial charge in [0.05, 0.1) is 6.04 Å². The molecule has 0 saturated heterocycles. The minimum absolute atomic E-state index is 0.657. The molecule has 0 radical (unpaired) electrons. The molecule has 0 unspecified atom stereocenters. The Kier molecular flexibility index (Phi) is 5.28. The second-order valence-electron chi connectivity index (χ2n) is 3.28. The molecule has 0 aliphatic rings. The molecule has 0 aromatic rings. The van der Waals surface area contributed by atoms with Gasteiger partial charge in [-0.25, -0.2) is 0 Å². The Morgan fingerprint density at radius 1 is 1.19 bits per heavy atom. The predicted octanol–water partition coefficient (Wildman–Crippen LogP) is -1.57. The standard InChI is InChI=1S/C5H14N2O7P2/c1-4(5(6)8)7(2-15(9,10)11)3-16(12,13)14/h4H,2-3H2,1H3,(H2,6,8)(H2,9,10,11)(H2,12,13,14)/t4-/m0/s1. The van der Waals surface area contributed by atoms with Gasteiger partial charge >= 0.3 is 15.2 Å². The molecule has 0 aliphatic carbocycles. The van der Waals surface area contributed by atoms with Crippen LogP contribution < -0.4 is 5.73 Å². The summed E-state index contributed by atoms with van der Waals surface area (Å²) in [4.78, 5) is 46.2. The van der Waals surface area contributed by atoms with Crippen LogP contribution in [0.25, 0.3) is 0 Å². The zero-order chi connectivity index (χ0) is 13.1. The van der Waals surface area contributed by atoms with E-state index in [4.69, 9.17) is 25.3 Å². The first-order chi connectivity index (χ1) is 6.92. The maximum Gasteiger partial charge on any atom is 0.339 e. The number of rotatable bonds is 6. The third kappa shape index (κ3) is 7.08. The van der Waals surface area contributed by atoms with Crippen LogP contribution in [0, 0.1) is 0 Å². The molecule has 0 aliphatic heterocycles. The number of amides is 1. The number of hydrogen-bond donors (Lipinski definition) is 5. The first-order valence-electron chi connectivity index (χ1n) is 4.05. The quantitative estimate of drug-likeness (QED) is 0.363. The maximum atomic E-state index is 10.8. The van der Waals surface area contributed by atoms with Crippen LogP contribution in [-0.4, -0.2) is 49.0 Å². The Labute approximate surface area is 91.6 Å². The van der Waals surface area contributed by atoms with Gasteiger partial charge in [0, 0.05) is 0 Å². The Morgan fingerprint density at radius 3 is 1.69 bits per heavy atom. The third-order valence-corrected chi connectivity index (χ3v) is 3.15. The molecule has 1 amide bonds. The van der Waals surface area contributed by atoms with Crippen LogP contribution in [-0.2, 0) is 13.9 Å². The molecule has 9 nitrogen and oxygen atoms in total. The van der Waals surface area contributed by atoms with Crippen molar-refractivity contribution in [2.45, 2.75) is 13.0 Å². The van der Waals surface area contributed by atoms with E-state index in [1.807, 2.05) is 0 Å². The molecule has 0 heterocycles. The van der Waals surface area contributed by atoms with Crippen LogP contribution in [0.4, 0.5) is 0 Å². The van der Waals surface area contributed by atoms with Crippen molar-refractivity contribution < 1.29 is 33.5 Å². The minimum Gasteiger partial charge on any atom is -0.368 e. The van der Waals surface area contributed by atoms with Crippen molar-refractivity contribution in [3.05, 3.63) is 0 Å². The summed E-state index contributed by atoms with van der Waals surface area (Å²) >= 11 is 0. The number of nitrogens with zero attached hydrogens (tertiary/aromatic N) is 1. The normalized spacial score (nSPS) is 15.1. The molecule has 16 heavy (non-hydrogen) atoms. The van der Waals surface area contributed by atoms with Gasteiger partial charge in [0.1, 0.15) is 12.6 Å². The molecular formula is C5H14N2O7P2. The summed E-state index contributed by atoms with van der Waals surface area (Å²) in [7, 11) is -9.05. The van der Waals surface area contributed by atoms with Gasteiger partial charge in [0.2, 0.25) is 5.91 Å². The highest BCUT2D eigenvalue weighted by molar-refractivity contribution is 7.52. The largest absolute Gasteiger partial charge is 0.368 e. The zero-order valence-corrected chi connectivity index (χ0v) is 10.2. The van der Waals surface area contributed by atoms with Gasteiger partial charge < -0.3 is 25.3 Å². The molecular weight excluding hydrogens is 262 g/mol. The summed E-state index contributed by atoms with van der Waals surface area (Å²) in [6.45, 7) is 1.20. The van der Waals surface area contributed by atoms with Gasteiger partial charge in [-0.1, -0.05) is 0 Å². The Hall–Kier alpha value is -0.270. The molecule has 0 fully saturated rings. The molecule has 0 saturated carbocycles. The molecule has 6 N–H and O–H groups in total. The van der Waals surface area contributed by atoms with Gasteiger partial charge in [-0.3, -0.25) is 18.8 Å². The second kappa shape index (κ2) is 5.37. The van der Waals surface area contributed by atoms with Crippen LogP contribution >= 0.6 is 15.2 Å². The van der Waals surface area contributed by atoms with Gasteiger partial charge in [-0.15, -0.1) is 0 Å². The van der Waals surface area contributed by atoms with E-state index in [2.05, 4.69) is 0 Å². The van der Waals surface area contributed by atoms with Gasteiger partial charge in [0.25, 0.3) is 0 Å². The molecule has 0 bridgehead atoms. The number of primary amides is 1. The summed E-state index contributed by atoms with van der Waals surface area (Å²) in [5.41, 5.74) is 4.89.